The van der Waals surface area contributed by atoms with Crippen LogP contribution in [0.1, 0.15) is 0 Å². The first-order valence-electron chi connectivity index (χ1n) is 7.91. The number of anilines is 2. The fraction of sp³-hybridized carbons (Fsp3) is 0.0556. The van der Waals surface area contributed by atoms with Crippen molar-refractivity contribution in [2.75, 3.05) is 10.2 Å². The number of carbonyl (C=O) groups excluding carboxylic acids is 3. The van der Waals surface area contributed by atoms with Gasteiger partial charge in [-0.3, -0.25) is 19.8 Å². The van der Waals surface area contributed by atoms with Gasteiger partial charge in [0, 0.05) is 5.69 Å². The molecule has 0 saturated carbocycles. The molecule has 0 unspecified atom stereocenters. The lowest BCUT2D eigenvalue weighted by Gasteiger charge is -2.13. The van der Waals surface area contributed by atoms with Crippen molar-refractivity contribution in [1.82, 2.24) is 5.43 Å². The van der Waals surface area contributed by atoms with E-state index in [1.54, 1.807) is 60.7 Å². The molecule has 0 bridgehead atoms. The van der Waals surface area contributed by atoms with Crippen molar-refractivity contribution in [3.8, 4) is 0 Å². The van der Waals surface area contributed by atoms with Crippen LogP contribution in [0.4, 0.5) is 11.4 Å². The summed E-state index contributed by atoms with van der Waals surface area (Å²) in [6, 6.07) is 16.9. The van der Waals surface area contributed by atoms with Gasteiger partial charge >= 0.3 is 0 Å². The number of nitrogens with zero attached hydrogens (tertiary/aromatic N) is 2. The average molecular weight is 381 g/mol. The highest BCUT2D eigenvalue weighted by Crippen LogP contribution is 2.26. The van der Waals surface area contributed by atoms with Gasteiger partial charge in [-0.15, -0.1) is 0 Å². The molecule has 3 rings (SSSR count). The van der Waals surface area contributed by atoms with E-state index < -0.39 is 23.6 Å². The maximum Gasteiger partial charge on any atom is 0.282 e. The quantitative estimate of drug-likeness (QED) is 0.315. The lowest BCUT2D eigenvalue weighted by Crippen LogP contribution is -2.35. The van der Waals surface area contributed by atoms with Gasteiger partial charge in [-0.2, -0.15) is 5.10 Å². The zero-order valence-electron chi connectivity index (χ0n) is 14.0. The van der Waals surface area contributed by atoms with Crippen LogP contribution in [0.5, 0.6) is 0 Å². The lowest BCUT2D eigenvalue weighted by molar-refractivity contribution is -0.127. The van der Waals surface area contributed by atoms with Crippen LogP contribution < -0.4 is 21.4 Å². The number of para-hydroxylation sites is 2. The van der Waals surface area contributed by atoms with Crippen molar-refractivity contribution in [1.29, 1.82) is 0 Å². The van der Waals surface area contributed by atoms with Crippen molar-refractivity contribution >= 4 is 52.1 Å². The number of nitrogens with two attached hydrogens (primary N) is 1. The Morgan fingerprint density at radius 1 is 1.04 bits per heavy atom. The summed E-state index contributed by atoms with van der Waals surface area (Å²) in [5, 5.41) is 6.22. The molecule has 2 aromatic carbocycles. The highest BCUT2D eigenvalue weighted by Gasteiger charge is 2.50. The molecule has 1 heterocycles. The number of amides is 3. The van der Waals surface area contributed by atoms with Gasteiger partial charge in [-0.25, -0.2) is 4.90 Å². The number of hydrazone groups is 1. The summed E-state index contributed by atoms with van der Waals surface area (Å²) in [6.45, 7) is 0. The van der Waals surface area contributed by atoms with Crippen LogP contribution in [0.15, 0.2) is 65.8 Å². The third-order valence-corrected chi connectivity index (χ3v) is 3.86. The SMILES string of the molecule is NC(=S)N/N=C1\C(=O)N(c2ccccc2)C(=O)[C@@H]1C(=O)Nc1ccccc1. The predicted molar refractivity (Wildman–Crippen MR) is 105 cm³/mol. The molecule has 0 radical (unpaired) electrons. The maximum absolute atomic E-state index is 12.9. The Bertz CT molecular complexity index is 931. The van der Waals surface area contributed by atoms with Crippen molar-refractivity contribution in [2.24, 2.45) is 16.8 Å². The second-order valence-electron chi connectivity index (χ2n) is 5.58. The van der Waals surface area contributed by atoms with E-state index in [0.29, 0.717) is 11.4 Å². The summed E-state index contributed by atoms with van der Waals surface area (Å²) in [5.41, 5.74) is 8.16. The minimum Gasteiger partial charge on any atom is -0.375 e. The predicted octanol–water partition coefficient (Wildman–Crippen LogP) is 1.00. The fourth-order valence-corrected chi connectivity index (χ4v) is 2.65. The van der Waals surface area contributed by atoms with Crippen molar-refractivity contribution in [3.63, 3.8) is 0 Å². The molecule has 0 spiro atoms. The Kier molecular flexibility index (Phi) is 5.23. The number of benzene rings is 2. The Morgan fingerprint density at radius 3 is 2.22 bits per heavy atom. The largest absolute Gasteiger partial charge is 0.375 e. The van der Waals surface area contributed by atoms with E-state index in [1.807, 2.05) is 0 Å². The van der Waals surface area contributed by atoms with Crippen LogP contribution in [0, 0.1) is 5.92 Å². The zero-order valence-corrected chi connectivity index (χ0v) is 14.8. The van der Waals surface area contributed by atoms with Crippen LogP contribution in [0.2, 0.25) is 0 Å². The molecule has 4 N–H and O–H groups in total. The van der Waals surface area contributed by atoms with Crippen molar-refractivity contribution in [3.05, 3.63) is 60.7 Å². The maximum atomic E-state index is 12.9. The molecule has 1 aliphatic heterocycles. The van der Waals surface area contributed by atoms with Crippen LogP contribution >= 0.6 is 12.2 Å². The molecular weight excluding hydrogens is 366 g/mol. The minimum atomic E-state index is -1.43. The number of hydrogen-bond acceptors (Lipinski definition) is 5. The van der Waals surface area contributed by atoms with Crippen molar-refractivity contribution in [2.45, 2.75) is 0 Å². The molecule has 1 aliphatic rings. The second kappa shape index (κ2) is 7.75. The van der Waals surface area contributed by atoms with E-state index in [1.165, 1.54) is 0 Å². The van der Waals surface area contributed by atoms with Gasteiger partial charge in [-0.1, -0.05) is 36.4 Å². The molecule has 1 saturated heterocycles. The molecule has 27 heavy (non-hydrogen) atoms. The Balaban J connectivity index is 1.96. The number of carbonyl (C=O) groups is 3. The third-order valence-electron chi connectivity index (χ3n) is 3.77. The van der Waals surface area contributed by atoms with Crippen LogP contribution in [0.3, 0.4) is 0 Å². The summed E-state index contributed by atoms with van der Waals surface area (Å²) >= 11 is 4.68. The van der Waals surface area contributed by atoms with E-state index in [0.717, 1.165) is 4.90 Å². The Hall–Kier alpha value is -3.59. The van der Waals surface area contributed by atoms with Crippen molar-refractivity contribution < 1.29 is 14.4 Å². The van der Waals surface area contributed by atoms with Gasteiger partial charge < -0.3 is 11.1 Å². The number of thiocarbonyl (C=S) groups is 1. The first kappa shape index (κ1) is 18.2. The molecule has 9 heteroatoms. The molecule has 0 aliphatic carbocycles. The summed E-state index contributed by atoms with van der Waals surface area (Å²) < 4.78 is 0. The first-order chi connectivity index (χ1) is 13.0. The molecular formula is C18H15N5O3S. The zero-order chi connectivity index (χ0) is 19.4. The summed E-state index contributed by atoms with van der Waals surface area (Å²) in [4.78, 5) is 39.3. The van der Waals surface area contributed by atoms with E-state index in [4.69, 9.17) is 5.73 Å². The third kappa shape index (κ3) is 3.82. The Morgan fingerprint density at radius 2 is 1.63 bits per heavy atom. The van der Waals surface area contributed by atoms with Gasteiger partial charge in [0.15, 0.2) is 11.0 Å². The standard InChI is InChI=1S/C18H15N5O3S/c19-18(27)22-21-14-13(15(24)20-11-7-3-1-4-8-11)16(25)23(17(14)26)12-9-5-2-6-10-12/h1-10,13H,(H,20,24)(H3,19,22,27)/b21-14-/t13-/m0/s1. The second-order valence-corrected chi connectivity index (χ2v) is 6.02. The number of nitrogens with one attached hydrogen (secondary N) is 2. The summed E-state index contributed by atoms with van der Waals surface area (Å²) in [6.07, 6.45) is 0. The van der Waals surface area contributed by atoms with Crippen LogP contribution in [-0.2, 0) is 14.4 Å². The lowest BCUT2D eigenvalue weighted by atomic mass is 10.1. The average Bonchev–Trinajstić information content (AvgIpc) is 2.91. The topological polar surface area (TPSA) is 117 Å². The molecule has 0 aromatic heterocycles. The van der Waals surface area contributed by atoms with E-state index in [9.17, 15) is 14.4 Å². The van der Waals surface area contributed by atoms with Gasteiger partial charge in [0.25, 0.3) is 11.8 Å². The van der Waals surface area contributed by atoms with E-state index >= 15 is 0 Å². The smallest absolute Gasteiger partial charge is 0.282 e. The van der Waals surface area contributed by atoms with Crippen LogP contribution in [-0.4, -0.2) is 28.5 Å². The highest BCUT2D eigenvalue weighted by atomic mass is 32.1. The molecule has 2 aromatic rings. The first-order valence-corrected chi connectivity index (χ1v) is 8.32. The van der Waals surface area contributed by atoms with Gasteiger partial charge in [0.05, 0.1) is 5.69 Å². The molecule has 3 amide bonds. The molecule has 1 fully saturated rings. The summed E-state index contributed by atoms with van der Waals surface area (Å²) in [5.74, 6) is -3.53. The number of imide groups is 1. The fourth-order valence-electron chi connectivity index (χ4n) is 2.61. The highest BCUT2D eigenvalue weighted by molar-refractivity contribution is 7.80. The molecule has 1 atom stereocenters. The minimum absolute atomic E-state index is 0.192. The normalized spacial score (nSPS) is 17.9. The summed E-state index contributed by atoms with van der Waals surface area (Å²) in [7, 11) is 0. The number of hydrogen-bond donors (Lipinski definition) is 3. The van der Waals surface area contributed by atoms with Gasteiger partial charge in [0.1, 0.15) is 5.71 Å². The van der Waals surface area contributed by atoms with E-state index in [2.05, 4.69) is 28.1 Å². The van der Waals surface area contributed by atoms with Gasteiger partial charge in [-0.05, 0) is 36.5 Å². The van der Waals surface area contributed by atoms with Crippen LogP contribution in [0.25, 0.3) is 0 Å². The van der Waals surface area contributed by atoms with Gasteiger partial charge in [0.2, 0.25) is 5.91 Å². The molecule has 8 nitrogen and oxygen atoms in total. The van der Waals surface area contributed by atoms with E-state index in [-0.39, 0.29) is 10.8 Å². The Labute approximate surface area is 160 Å². The monoisotopic (exact) mass is 381 g/mol. The molecule has 136 valence electrons. The number of rotatable bonds is 4.